The van der Waals surface area contributed by atoms with Gasteiger partial charge in [0.05, 0.1) is 18.4 Å². The molecule has 0 amide bonds. The lowest BCUT2D eigenvalue weighted by molar-refractivity contribution is 0.169. The number of aliphatic hydroxyl groups excluding tert-OH is 1. The summed E-state index contributed by atoms with van der Waals surface area (Å²) < 4.78 is 5.07. The van der Waals surface area contributed by atoms with E-state index in [0.29, 0.717) is 19.6 Å². The zero-order valence-electron chi connectivity index (χ0n) is 12.4. The number of methoxy groups -OCH3 is 1. The van der Waals surface area contributed by atoms with E-state index in [4.69, 9.17) is 4.74 Å². The van der Waals surface area contributed by atoms with Crippen LogP contribution in [-0.4, -0.2) is 35.8 Å². The summed E-state index contributed by atoms with van der Waals surface area (Å²) >= 11 is 0. The molecule has 1 N–H and O–H groups in total. The maximum Gasteiger partial charge on any atom is 0.132 e. The van der Waals surface area contributed by atoms with Gasteiger partial charge in [0.1, 0.15) is 12.1 Å². The van der Waals surface area contributed by atoms with Crippen LogP contribution in [0.1, 0.15) is 23.8 Å². The number of rotatable bonds is 7. The van der Waals surface area contributed by atoms with E-state index in [1.165, 1.54) is 6.33 Å². The van der Waals surface area contributed by atoms with E-state index in [1.54, 1.807) is 7.11 Å². The van der Waals surface area contributed by atoms with Crippen LogP contribution in [-0.2, 0) is 11.3 Å². The zero-order chi connectivity index (χ0) is 15.1. The number of anilines is 1. The van der Waals surface area contributed by atoms with E-state index in [2.05, 4.69) is 9.97 Å². The van der Waals surface area contributed by atoms with Crippen molar-refractivity contribution in [2.24, 2.45) is 0 Å². The zero-order valence-corrected chi connectivity index (χ0v) is 12.4. The lowest BCUT2D eigenvalue weighted by atomic mass is 10.1. The number of hydrogen-bond acceptors (Lipinski definition) is 5. The quantitative estimate of drug-likeness (QED) is 0.846. The van der Waals surface area contributed by atoms with Crippen molar-refractivity contribution in [3.63, 3.8) is 0 Å². The summed E-state index contributed by atoms with van der Waals surface area (Å²) in [4.78, 5) is 10.4. The van der Waals surface area contributed by atoms with Gasteiger partial charge in [0.15, 0.2) is 0 Å². The molecule has 0 saturated carbocycles. The summed E-state index contributed by atoms with van der Waals surface area (Å²) in [5.74, 6) is 0.831. The molecule has 0 aliphatic rings. The second-order valence-corrected chi connectivity index (χ2v) is 4.94. The highest BCUT2D eigenvalue weighted by Gasteiger charge is 2.10. The Morgan fingerprint density at radius 2 is 2.00 bits per heavy atom. The molecule has 0 fully saturated rings. The van der Waals surface area contributed by atoms with Gasteiger partial charge in [-0.3, -0.25) is 0 Å². The van der Waals surface area contributed by atoms with Crippen molar-refractivity contribution in [3.05, 3.63) is 54.0 Å². The minimum atomic E-state index is -0.464. The SMILES string of the molecule is COCc1cc(N(C)CCC(O)c2ccccc2)ncn1. The Kier molecular flexibility index (Phi) is 5.66. The molecule has 1 aromatic carbocycles. The predicted molar refractivity (Wildman–Crippen MR) is 82.0 cm³/mol. The van der Waals surface area contributed by atoms with Crippen molar-refractivity contribution in [1.29, 1.82) is 0 Å². The number of nitrogens with zero attached hydrogens (tertiary/aromatic N) is 3. The van der Waals surface area contributed by atoms with Crippen LogP contribution in [0.2, 0.25) is 0 Å². The minimum Gasteiger partial charge on any atom is -0.388 e. The molecule has 5 nitrogen and oxygen atoms in total. The average Bonchev–Trinajstić information content (AvgIpc) is 2.53. The van der Waals surface area contributed by atoms with E-state index < -0.39 is 6.10 Å². The third kappa shape index (κ3) is 4.51. The van der Waals surface area contributed by atoms with Crippen LogP contribution in [0.15, 0.2) is 42.7 Å². The van der Waals surface area contributed by atoms with Crippen molar-refractivity contribution < 1.29 is 9.84 Å². The molecule has 0 aliphatic heterocycles. The van der Waals surface area contributed by atoms with Crippen LogP contribution in [0.25, 0.3) is 0 Å². The molecule has 112 valence electrons. The van der Waals surface area contributed by atoms with E-state index in [-0.39, 0.29) is 0 Å². The molecule has 5 heteroatoms. The van der Waals surface area contributed by atoms with E-state index >= 15 is 0 Å². The van der Waals surface area contributed by atoms with E-state index in [0.717, 1.165) is 17.1 Å². The van der Waals surface area contributed by atoms with Gasteiger partial charge in [0.25, 0.3) is 0 Å². The van der Waals surface area contributed by atoms with Gasteiger partial charge in [0, 0.05) is 26.8 Å². The third-order valence-electron chi connectivity index (χ3n) is 3.31. The Balaban J connectivity index is 1.92. The molecule has 0 saturated heterocycles. The predicted octanol–water partition coefficient (Wildman–Crippen LogP) is 2.18. The maximum absolute atomic E-state index is 10.2. The smallest absolute Gasteiger partial charge is 0.132 e. The van der Waals surface area contributed by atoms with Gasteiger partial charge < -0.3 is 14.7 Å². The summed E-state index contributed by atoms with van der Waals surface area (Å²) in [7, 11) is 3.60. The normalized spacial score (nSPS) is 12.1. The Morgan fingerprint density at radius 1 is 1.24 bits per heavy atom. The third-order valence-corrected chi connectivity index (χ3v) is 3.31. The standard InChI is InChI=1S/C16H21N3O2/c1-19(16-10-14(11-21-2)17-12-18-16)9-8-15(20)13-6-4-3-5-7-13/h3-7,10,12,15,20H,8-9,11H2,1-2H3. The molecule has 1 atom stereocenters. The monoisotopic (exact) mass is 287 g/mol. The van der Waals surface area contributed by atoms with Gasteiger partial charge in [-0.25, -0.2) is 9.97 Å². The van der Waals surface area contributed by atoms with Crippen molar-refractivity contribution in [1.82, 2.24) is 9.97 Å². The number of ether oxygens (including phenoxy) is 1. The fourth-order valence-corrected chi connectivity index (χ4v) is 2.09. The molecule has 1 heterocycles. The van der Waals surface area contributed by atoms with Crippen LogP contribution in [0, 0.1) is 0 Å². The van der Waals surface area contributed by atoms with Crippen LogP contribution in [0.4, 0.5) is 5.82 Å². The maximum atomic E-state index is 10.2. The first-order chi connectivity index (χ1) is 10.2. The average molecular weight is 287 g/mol. The molecule has 2 aromatic rings. The van der Waals surface area contributed by atoms with Crippen LogP contribution in [0.3, 0.4) is 0 Å². The van der Waals surface area contributed by atoms with Crippen molar-refractivity contribution in [2.45, 2.75) is 19.1 Å². The molecule has 0 aliphatic carbocycles. The molecule has 21 heavy (non-hydrogen) atoms. The largest absolute Gasteiger partial charge is 0.388 e. The van der Waals surface area contributed by atoms with Crippen LogP contribution in [0.5, 0.6) is 0 Å². The first-order valence-electron chi connectivity index (χ1n) is 6.94. The molecule has 2 rings (SSSR count). The number of benzene rings is 1. The van der Waals surface area contributed by atoms with E-state index in [1.807, 2.05) is 48.3 Å². The summed E-state index contributed by atoms with van der Waals surface area (Å²) in [6, 6.07) is 11.6. The second-order valence-electron chi connectivity index (χ2n) is 4.94. The van der Waals surface area contributed by atoms with Crippen LogP contribution >= 0.6 is 0 Å². The van der Waals surface area contributed by atoms with Gasteiger partial charge in [-0.2, -0.15) is 0 Å². The highest BCUT2D eigenvalue weighted by molar-refractivity contribution is 5.37. The first-order valence-corrected chi connectivity index (χ1v) is 6.94. The Labute approximate surface area is 125 Å². The Bertz CT molecular complexity index is 548. The number of aromatic nitrogens is 2. The van der Waals surface area contributed by atoms with Crippen molar-refractivity contribution in [2.75, 3.05) is 25.6 Å². The highest BCUT2D eigenvalue weighted by Crippen LogP contribution is 2.18. The van der Waals surface area contributed by atoms with Crippen molar-refractivity contribution >= 4 is 5.82 Å². The Morgan fingerprint density at radius 3 is 2.71 bits per heavy atom. The molecular weight excluding hydrogens is 266 g/mol. The topological polar surface area (TPSA) is 58.5 Å². The highest BCUT2D eigenvalue weighted by atomic mass is 16.5. The van der Waals surface area contributed by atoms with Gasteiger partial charge in [-0.1, -0.05) is 30.3 Å². The molecule has 0 bridgehead atoms. The Hall–Kier alpha value is -1.98. The van der Waals surface area contributed by atoms with Gasteiger partial charge in [-0.05, 0) is 12.0 Å². The van der Waals surface area contributed by atoms with Gasteiger partial charge in [-0.15, -0.1) is 0 Å². The number of hydrogen-bond donors (Lipinski definition) is 1. The molecule has 1 unspecified atom stereocenters. The molecule has 0 radical (unpaired) electrons. The summed E-state index contributed by atoms with van der Waals surface area (Å²) in [5.41, 5.74) is 1.78. The second kappa shape index (κ2) is 7.71. The molecule has 1 aromatic heterocycles. The summed E-state index contributed by atoms with van der Waals surface area (Å²) in [6.07, 6.45) is 1.71. The summed E-state index contributed by atoms with van der Waals surface area (Å²) in [6.45, 7) is 1.18. The van der Waals surface area contributed by atoms with Crippen molar-refractivity contribution in [3.8, 4) is 0 Å². The lowest BCUT2D eigenvalue weighted by Gasteiger charge is -2.20. The fraction of sp³-hybridized carbons (Fsp3) is 0.375. The molecular formula is C16H21N3O2. The van der Waals surface area contributed by atoms with Gasteiger partial charge in [0.2, 0.25) is 0 Å². The first kappa shape index (κ1) is 15.4. The lowest BCUT2D eigenvalue weighted by Crippen LogP contribution is -2.22. The van der Waals surface area contributed by atoms with E-state index in [9.17, 15) is 5.11 Å². The number of aliphatic hydroxyl groups is 1. The van der Waals surface area contributed by atoms with Gasteiger partial charge >= 0.3 is 0 Å². The minimum absolute atomic E-state index is 0.464. The fourth-order valence-electron chi connectivity index (χ4n) is 2.09. The molecule has 0 spiro atoms. The van der Waals surface area contributed by atoms with Crippen LogP contribution < -0.4 is 4.90 Å². The summed E-state index contributed by atoms with van der Waals surface area (Å²) in [5, 5.41) is 10.2.